The maximum atomic E-state index is 13.0. The molecule has 1 N–H and O–H groups in total. The summed E-state index contributed by atoms with van der Waals surface area (Å²) < 4.78 is 0. The Morgan fingerprint density at radius 1 is 1.10 bits per heavy atom. The lowest BCUT2D eigenvalue weighted by Gasteiger charge is -2.21. The van der Waals surface area contributed by atoms with Crippen LogP contribution in [0.25, 0.3) is 22.0 Å². The van der Waals surface area contributed by atoms with E-state index in [9.17, 15) is 9.59 Å². The summed E-state index contributed by atoms with van der Waals surface area (Å²) in [5.74, 6) is 1.79. The van der Waals surface area contributed by atoms with Gasteiger partial charge in [0.2, 0.25) is 5.91 Å². The first-order valence-electron chi connectivity index (χ1n) is 10.9. The summed E-state index contributed by atoms with van der Waals surface area (Å²) in [6.45, 7) is 4.08. The summed E-state index contributed by atoms with van der Waals surface area (Å²) in [6.07, 6.45) is 5.44. The SMILES string of the molecule is Cc1ccc(C)c(-c2nn(NC(=O)CC3CC4CCC3C4)c(=O)c3ccccc23)c1. The van der Waals surface area contributed by atoms with Crippen LogP contribution in [-0.4, -0.2) is 15.8 Å². The summed E-state index contributed by atoms with van der Waals surface area (Å²) in [5.41, 5.74) is 6.39. The molecule has 30 heavy (non-hydrogen) atoms. The van der Waals surface area contributed by atoms with E-state index >= 15 is 0 Å². The largest absolute Gasteiger partial charge is 0.294 e. The van der Waals surface area contributed by atoms with Gasteiger partial charge in [-0.05, 0) is 68.6 Å². The first kappa shape index (κ1) is 19.0. The van der Waals surface area contributed by atoms with E-state index in [-0.39, 0.29) is 11.5 Å². The maximum Gasteiger partial charge on any atom is 0.294 e. The molecule has 0 aliphatic heterocycles. The zero-order chi connectivity index (χ0) is 20.8. The van der Waals surface area contributed by atoms with Crippen LogP contribution in [0.4, 0.5) is 0 Å². The maximum absolute atomic E-state index is 13.0. The third kappa shape index (κ3) is 3.32. The van der Waals surface area contributed by atoms with E-state index in [0.717, 1.165) is 39.2 Å². The molecule has 0 radical (unpaired) electrons. The number of amides is 1. The second-order valence-corrected chi connectivity index (χ2v) is 9.10. The van der Waals surface area contributed by atoms with Crippen LogP contribution in [-0.2, 0) is 4.79 Å². The fourth-order valence-corrected chi connectivity index (χ4v) is 5.48. The smallest absolute Gasteiger partial charge is 0.273 e. The van der Waals surface area contributed by atoms with E-state index < -0.39 is 0 Å². The second-order valence-electron chi connectivity index (χ2n) is 9.10. The van der Waals surface area contributed by atoms with Gasteiger partial charge in [0, 0.05) is 17.4 Å². The van der Waals surface area contributed by atoms with Gasteiger partial charge in [0.1, 0.15) is 5.69 Å². The lowest BCUT2D eigenvalue weighted by Crippen LogP contribution is -2.36. The highest BCUT2D eigenvalue weighted by Crippen LogP contribution is 2.49. The highest BCUT2D eigenvalue weighted by molar-refractivity contribution is 5.95. The molecule has 2 bridgehead atoms. The summed E-state index contributed by atoms with van der Waals surface area (Å²) in [4.78, 5) is 27.0. The van der Waals surface area contributed by atoms with Crippen LogP contribution >= 0.6 is 0 Å². The van der Waals surface area contributed by atoms with Gasteiger partial charge in [-0.25, -0.2) is 5.43 Å². The molecular weight excluding hydrogens is 374 g/mol. The Morgan fingerprint density at radius 3 is 2.63 bits per heavy atom. The number of rotatable bonds is 4. The number of carbonyl (C=O) groups excluding carboxylic acids is 1. The number of benzene rings is 2. The van der Waals surface area contributed by atoms with Crippen molar-refractivity contribution in [2.45, 2.75) is 46.0 Å². The van der Waals surface area contributed by atoms with Gasteiger partial charge in [-0.1, -0.05) is 42.3 Å². The monoisotopic (exact) mass is 401 g/mol. The fraction of sp³-hybridized carbons (Fsp3) is 0.400. The molecule has 2 aliphatic rings. The molecule has 2 saturated carbocycles. The Morgan fingerprint density at radius 2 is 1.90 bits per heavy atom. The van der Waals surface area contributed by atoms with Crippen LogP contribution in [0.2, 0.25) is 0 Å². The van der Waals surface area contributed by atoms with Crippen LogP contribution in [0, 0.1) is 31.6 Å². The molecule has 2 aromatic carbocycles. The number of nitrogens with one attached hydrogen (secondary N) is 1. The van der Waals surface area contributed by atoms with Crippen LogP contribution in [0.5, 0.6) is 0 Å². The van der Waals surface area contributed by atoms with Crippen molar-refractivity contribution in [2.24, 2.45) is 17.8 Å². The summed E-state index contributed by atoms with van der Waals surface area (Å²) in [5, 5.41) is 5.97. The summed E-state index contributed by atoms with van der Waals surface area (Å²) >= 11 is 0. The fourth-order valence-electron chi connectivity index (χ4n) is 5.48. The van der Waals surface area contributed by atoms with Gasteiger partial charge in [-0.15, -0.1) is 9.89 Å². The van der Waals surface area contributed by atoms with Crippen LogP contribution < -0.4 is 11.0 Å². The molecule has 5 rings (SSSR count). The normalized spacial score (nSPS) is 22.5. The minimum Gasteiger partial charge on any atom is -0.273 e. The Labute approximate surface area is 176 Å². The van der Waals surface area contributed by atoms with Crippen molar-refractivity contribution in [3.63, 3.8) is 0 Å². The van der Waals surface area contributed by atoms with Gasteiger partial charge < -0.3 is 0 Å². The van der Waals surface area contributed by atoms with Crippen molar-refractivity contribution in [3.05, 3.63) is 63.9 Å². The van der Waals surface area contributed by atoms with Crippen LogP contribution in [0.15, 0.2) is 47.3 Å². The topological polar surface area (TPSA) is 64.0 Å². The molecule has 1 aromatic heterocycles. The zero-order valence-corrected chi connectivity index (χ0v) is 17.5. The molecule has 1 amide bonds. The molecule has 0 saturated heterocycles. The molecule has 5 nitrogen and oxygen atoms in total. The van der Waals surface area contributed by atoms with Crippen molar-refractivity contribution in [3.8, 4) is 11.3 Å². The van der Waals surface area contributed by atoms with Crippen molar-refractivity contribution < 1.29 is 4.79 Å². The van der Waals surface area contributed by atoms with Gasteiger partial charge in [0.05, 0.1) is 5.39 Å². The summed E-state index contributed by atoms with van der Waals surface area (Å²) in [7, 11) is 0. The molecule has 3 aromatic rings. The Hall–Kier alpha value is -2.95. The second kappa shape index (κ2) is 7.38. The van der Waals surface area contributed by atoms with Crippen molar-refractivity contribution in [1.82, 2.24) is 9.89 Å². The predicted molar refractivity (Wildman–Crippen MR) is 119 cm³/mol. The minimum atomic E-state index is -0.291. The van der Waals surface area contributed by atoms with E-state index in [1.807, 2.05) is 32.0 Å². The molecule has 0 spiro atoms. The van der Waals surface area contributed by atoms with Crippen molar-refractivity contribution in [1.29, 1.82) is 0 Å². The van der Waals surface area contributed by atoms with Crippen molar-refractivity contribution >= 4 is 16.7 Å². The zero-order valence-electron chi connectivity index (χ0n) is 17.5. The molecule has 3 unspecified atom stereocenters. The average molecular weight is 402 g/mol. The molecule has 2 aliphatic carbocycles. The minimum absolute atomic E-state index is 0.121. The number of fused-ring (bicyclic) bond motifs is 3. The van der Waals surface area contributed by atoms with Crippen molar-refractivity contribution in [2.75, 3.05) is 5.43 Å². The number of carbonyl (C=O) groups is 1. The van der Waals surface area contributed by atoms with E-state index in [0.29, 0.717) is 29.3 Å². The number of aryl methyl sites for hydroxylation is 2. The van der Waals surface area contributed by atoms with E-state index in [1.165, 1.54) is 19.3 Å². The van der Waals surface area contributed by atoms with Gasteiger partial charge in [-0.3, -0.25) is 9.59 Å². The van der Waals surface area contributed by atoms with Gasteiger partial charge >= 0.3 is 0 Å². The third-order valence-electron chi connectivity index (χ3n) is 7.02. The molecule has 5 heteroatoms. The number of hydrogen-bond donors (Lipinski definition) is 1. The lowest BCUT2D eigenvalue weighted by atomic mass is 9.86. The molecular formula is C25H27N3O2. The molecule has 154 valence electrons. The highest BCUT2D eigenvalue weighted by Gasteiger charge is 2.40. The Bertz CT molecular complexity index is 1200. The number of nitrogens with zero attached hydrogens (tertiary/aromatic N) is 2. The third-order valence-corrected chi connectivity index (χ3v) is 7.02. The van der Waals surface area contributed by atoms with E-state index in [2.05, 4.69) is 28.7 Å². The standard InChI is InChI=1S/C25H27N3O2/c1-15-7-8-16(2)22(11-15)24-20-5-3-4-6-21(20)25(30)28(27-24)26-23(29)14-19-13-17-9-10-18(19)12-17/h3-8,11,17-19H,9-10,12-14H2,1-2H3,(H,26,29). The summed E-state index contributed by atoms with van der Waals surface area (Å²) in [6, 6.07) is 13.7. The predicted octanol–water partition coefficient (Wildman–Crippen LogP) is 4.58. The Balaban J connectivity index is 1.52. The van der Waals surface area contributed by atoms with Gasteiger partial charge in [0.25, 0.3) is 5.56 Å². The van der Waals surface area contributed by atoms with Crippen LogP contribution in [0.1, 0.15) is 43.2 Å². The molecule has 1 heterocycles. The lowest BCUT2D eigenvalue weighted by molar-refractivity contribution is -0.118. The van der Waals surface area contributed by atoms with Gasteiger partial charge in [-0.2, -0.15) is 0 Å². The van der Waals surface area contributed by atoms with E-state index in [4.69, 9.17) is 0 Å². The molecule has 2 fully saturated rings. The highest BCUT2D eigenvalue weighted by atomic mass is 16.2. The number of aromatic nitrogens is 2. The van der Waals surface area contributed by atoms with E-state index in [1.54, 1.807) is 6.07 Å². The number of hydrogen-bond acceptors (Lipinski definition) is 3. The first-order chi connectivity index (χ1) is 14.5. The Kier molecular flexibility index (Phi) is 4.69. The van der Waals surface area contributed by atoms with Crippen LogP contribution in [0.3, 0.4) is 0 Å². The van der Waals surface area contributed by atoms with Gasteiger partial charge in [0.15, 0.2) is 0 Å². The molecule has 3 atom stereocenters. The quantitative estimate of drug-likeness (QED) is 0.696. The average Bonchev–Trinajstić information content (AvgIpc) is 3.35. The first-order valence-corrected chi connectivity index (χ1v) is 10.9.